The number of benzene rings is 1. The van der Waals surface area contributed by atoms with Gasteiger partial charge in [0, 0.05) is 18.8 Å². The van der Waals surface area contributed by atoms with Crippen molar-refractivity contribution in [3.63, 3.8) is 0 Å². The van der Waals surface area contributed by atoms with Crippen LogP contribution in [0.5, 0.6) is 0 Å². The Morgan fingerprint density at radius 2 is 1.71 bits per heavy atom. The Morgan fingerprint density at radius 3 is 2.33 bits per heavy atom. The zero-order valence-electron chi connectivity index (χ0n) is 11.2. The van der Waals surface area contributed by atoms with Crippen molar-refractivity contribution in [3.8, 4) is 22.5 Å². The molecule has 0 spiro atoms. The van der Waals surface area contributed by atoms with Crippen molar-refractivity contribution in [2.75, 3.05) is 5.73 Å². The number of hydrogen-bond acceptors (Lipinski definition) is 3. The summed E-state index contributed by atoms with van der Waals surface area (Å²) in [6.45, 7) is 0. The van der Waals surface area contributed by atoms with Gasteiger partial charge in [0.2, 0.25) is 0 Å². The average Bonchev–Trinajstić information content (AvgIpc) is 2.75. The molecule has 0 bridgehead atoms. The molecule has 0 fully saturated rings. The van der Waals surface area contributed by atoms with Crippen LogP contribution in [0.15, 0.2) is 42.6 Å². The third kappa shape index (κ3) is 2.37. The standard InChI is InChI=1S/C15H12Cl2N4/c1-21-15(18)13(11-7-2-3-8-19-11)14(20-21)12-9(16)5-4-6-10(12)17/h2-8H,18H2,1H3. The number of nitrogen functional groups attached to an aromatic ring is 1. The highest BCUT2D eigenvalue weighted by molar-refractivity contribution is 6.39. The lowest BCUT2D eigenvalue weighted by Gasteiger charge is -2.07. The Bertz CT molecular complexity index is 777. The fourth-order valence-corrected chi connectivity index (χ4v) is 2.78. The second-order valence-electron chi connectivity index (χ2n) is 4.54. The molecule has 0 saturated carbocycles. The molecule has 2 heterocycles. The van der Waals surface area contributed by atoms with Crippen molar-refractivity contribution in [1.82, 2.24) is 14.8 Å². The molecular formula is C15H12Cl2N4. The maximum atomic E-state index is 6.29. The summed E-state index contributed by atoms with van der Waals surface area (Å²) in [7, 11) is 1.77. The molecule has 2 aromatic heterocycles. The Labute approximate surface area is 132 Å². The van der Waals surface area contributed by atoms with E-state index in [1.165, 1.54) is 0 Å². The average molecular weight is 319 g/mol. The largest absolute Gasteiger partial charge is 0.383 e. The van der Waals surface area contributed by atoms with Gasteiger partial charge in [-0.1, -0.05) is 35.3 Å². The van der Waals surface area contributed by atoms with Crippen LogP contribution in [0.4, 0.5) is 5.82 Å². The number of anilines is 1. The van der Waals surface area contributed by atoms with Gasteiger partial charge in [0.25, 0.3) is 0 Å². The maximum Gasteiger partial charge on any atom is 0.131 e. The van der Waals surface area contributed by atoms with E-state index in [1.807, 2.05) is 18.2 Å². The van der Waals surface area contributed by atoms with Gasteiger partial charge in [-0.2, -0.15) is 5.10 Å². The van der Waals surface area contributed by atoms with E-state index in [2.05, 4.69) is 10.1 Å². The topological polar surface area (TPSA) is 56.7 Å². The summed E-state index contributed by atoms with van der Waals surface area (Å²) in [6.07, 6.45) is 1.71. The summed E-state index contributed by atoms with van der Waals surface area (Å²) in [5.41, 5.74) is 8.90. The number of nitrogens with two attached hydrogens (primary N) is 1. The van der Waals surface area contributed by atoms with Gasteiger partial charge in [0.15, 0.2) is 0 Å². The molecule has 4 nitrogen and oxygen atoms in total. The molecule has 2 N–H and O–H groups in total. The fourth-order valence-electron chi connectivity index (χ4n) is 2.20. The van der Waals surface area contributed by atoms with E-state index < -0.39 is 0 Å². The summed E-state index contributed by atoms with van der Waals surface area (Å²) in [6, 6.07) is 11.0. The van der Waals surface area contributed by atoms with Crippen LogP contribution in [0.1, 0.15) is 0 Å². The number of hydrogen-bond donors (Lipinski definition) is 1. The molecule has 0 aliphatic carbocycles. The zero-order valence-corrected chi connectivity index (χ0v) is 12.7. The van der Waals surface area contributed by atoms with Crippen LogP contribution in [0.2, 0.25) is 10.0 Å². The fraction of sp³-hybridized carbons (Fsp3) is 0.0667. The van der Waals surface area contributed by atoms with Crippen molar-refractivity contribution >= 4 is 29.0 Å². The molecule has 0 saturated heterocycles. The minimum atomic E-state index is 0.514. The number of aromatic nitrogens is 3. The highest BCUT2D eigenvalue weighted by Crippen LogP contribution is 2.41. The third-order valence-electron chi connectivity index (χ3n) is 3.21. The quantitative estimate of drug-likeness (QED) is 0.775. The minimum Gasteiger partial charge on any atom is -0.383 e. The molecular weight excluding hydrogens is 307 g/mol. The van der Waals surface area contributed by atoms with Gasteiger partial charge in [0.1, 0.15) is 11.5 Å². The van der Waals surface area contributed by atoms with E-state index in [4.69, 9.17) is 28.9 Å². The van der Waals surface area contributed by atoms with Gasteiger partial charge in [-0.15, -0.1) is 0 Å². The lowest BCUT2D eigenvalue weighted by Crippen LogP contribution is -1.98. The number of rotatable bonds is 2. The monoisotopic (exact) mass is 318 g/mol. The predicted octanol–water partition coefficient (Wildman–Crippen LogP) is 4.04. The SMILES string of the molecule is Cn1nc(-c2c(Cl)cccc2Cl)c(-c2ccccn2)c1N. The van der Waals surface area contributed by atoms with E-state index >= 15 is 0 Å². The lowest BCUT2D eigenvalue weighted by molar-refractivity contribution is 0.782. The first-order valence-electron chi connectivity index (χ1n) is 6.28. The van der Waals surface area contributed by atoms with Crippen molar-refractivity contribution in [1.29, 1.82) is 0 Å². The van der Waals surface area contributed by atoms with Gasteiger partial charge in [-0.25, -0.2) is 0 Å². The van der Waals surface area contributed by atoms with Gasteiger partial charge in [-0.3, -0.25) is 9.67 Å². The Morgan fingerprint density at radius 1 is 1.00 bits per heavy atom. The smallest absolute Gasteiger partial charge is 0.131 e. The van der Waals surface area contributed by atoms with Crippen LogP contribution in [0.25, 0.3) is 22.5 Å². The van der Waals surface area contributed by atoms with Crippen LogP contribution in [-0.4, -0.2) is 14.8 Å². The zero-order chi connectivity index (χ0) is 15.0. The third-order valence-corrected chi connectivity index (χ3v) is 3.84. The molecule has 0 amide bonds. The first kappa shape index (κ1) is 13.9. The van der Waals surface area contributed by atoms with Crippen molar-refractivity contribution in [3.05, 3.63) is 52.6 Å². The van der Waals surface area contributed by atoms with Gasteiger partial charge >= 0.3 is 0 Å². The van der Waals surface area contributed by atoms with Crippen molar-refractivity contribution in [2.24, 2.45) is 7.05 Å². The molecule has 3 rings (SSSR count). The van der Waals surface area contributed by atoms with E-state index in [-0.39, 0.29) is 0 Å². The van der Waals surface area contributed by atoms with Crippen molar-refractivity contribution < 1.29 is 0 Å². The molecule has 21 heavy (non-hydrogen) atoms. The maximum absolute atomic E-state index is 6.29. The van der Waals surface area contributed by atoms with Crippen LogP contribution in [0.3, 0.4) is 0 Å². The molecule has 6 heteroatoms. The van der Waals surface area contributed by atoms with E-state index in [0.717, 1.165) is 11.3 Å². The Kier molecular flexibility index (Phi) is 3.57. The molecule has 0 atom stereocenters. The van der Waals surface area contributed by atoms with Crippen molar-refractivity contribution in [2.45, 2.75) is 0 Å². The Balaban J connectivity index is 2.33. The molecule has 0 aliphatic heterocycles. The predicted molar refractivity (Wildman–Crippen MR) is 86.3 cm³/mol. The number of nitrogens with zero attached hydrogens (tertiary/aromatic N) is 3. The number of halogens is 2. The molecule has 3 aromatic rings. The molecule has 0 aliphatic rings. The molecule has 1 aromatic carbocycles. The summed E-state index contributed by atoms with van der Waals surface area (Å²) in [4.78, 5) is 4.35. The van der Waals surface area contributed by atoms with Crippen LogP contribution < -0.4 is 5.73 Å². The number of aryl methyl sites for hydroxylation is 1. The molecule has 106 valence electrons. The van der Waals surface area contributed by atoms with Gasteiger partial charge in [0.05, 0.1) is 21.3 Å². The van der Waals surface area contributed by atoms with Gasteiger partial charge in [-0.05, 0) is 24.3 Å². The summed E-state index contributed by atoms with van der Waals surface area (Å²) >= 11 is 12.6. The van der Waals surface area contributed by atoms with Crippen LogP contribution >= 0.6 is 23.2 Å². The van der Waals surface area contributed by atoms with Crippen LogP contribution in [0, 0.1) is 0 Å². The summed E-state index contributed by atoms with van der Waals surface area (Å²) in [5, 5.41) is 5.51. The lowest BCUT2D eigenvalue weighted by atomic mass is 10.0. The molecule has 0 radical (unpaired) electrons. The van der Waals surface area contributed by atoms with Crippen LogP contribution in [-0.2, 0) is 7.05 Å². The minimum absolute atomic E-state index is 0.514. The van der Waals surface area contributed by atoms with Gasteiger partial charge < -0.3 is 5.73 Å². The second kappa shape index (κ2) is 5.39. The first-order chi connectivity index (χ1) is 10.1. The molecule has 0 unspecified atom stereocenters. The van der Waals surface area contributed by atoms with E-state index in [1.54, 1.807) is 36.1 Å². The highest BCUT2D eigenvalue weighted by atomic mass is 35.5. The second-order valence-corrected chi connectivity index (χ2v) is 5.36. The van der Waals surface area contributed by atoms with E-state index in [9.17, 15) is 0 Å². The Hall–Kier alpha value is -2.04. The number of pyridine rings is 1. The highest BCUT2D eigenvalue weighted by Gasteiger charge is 2.21. The first-order valence-corrected chi connectivity index (χ1v) is 7.03. The summed E-state index contributed by atoms with van der Waals surface area (Å²) < 4.78 is 1.60. The van der Waals surface area contributed by atoms with E-state index in [0.29, 0.717) is 27.1 Å². The summed E-state index contributed by atoms with van der Waals surface area (Å²) in [5.74, 6) is 0.514. The normalized spacial score (nSPS) is 10.8.